The molecular formula is C13H13BrFNO4. The van der Waals surface area contributed by atoms with Crippen LogP contribution in [-0.2, 0) is 20.7 Å². The molecule has 5 nitrogen and oxygen atoms in total. The molecule has 1 atom stereocenters. The molecule has 1 fully saturated rings. The van der Waals surface area contributed by atoms with Gasteiger partial charge >= 0.3 is 5.97 Å². The fourth-order valence-electron chi connectivity index (χ4n) is 2.03. The number of nitrogens with zero attached hydrogens (tertiary/aromatic N) is 1. The minimum Gasteiger partial charge on any atom is -0.480 e. The zero-order valence-corrected chi connectivity index (χ0v) is 12.1. The van der Waals surface area contributed by atoms with Gasteiger partial charge in [0.25, 0.3) is 0 Å². The standard InChI is InChI=1S/C13H13BrFNO4/c14-9-2-1-8(5-10(9)15)6-12(17)16-3-4-20-7-11(16)13(18)19/h1-2,5,11H,3-4,6-7H2,(H,18,19). The van der Waals surface area contributed by atoms with Crippen molar-refractivity contribution in [3.8, 4) is 0 Å². The highest BCUT2D eigenvalue weighted by atomic mass is 79.9. The van der Waals surface area contributed by atoms with E-state index in [4.69, 9.17) is 9.84 Å². The number of carbonyl (C=O) groups is 2. The Morgan fingerprint density at radius 1 is 1.50 bits per heavy atom. The van der Waals surface area contributed by atoms with Crippen molar-refractivity contribution in [1.82, 2.24) is 4.90 Å². The summed E-state index contributed by atoms with van der Waals surface area (Å²) < 4.78 is 18.8. The topological polar surface area (TPSA) is 66.8 Å². The Morgan fingerprint density at radius 2 is 2.25 bits per heavy atom. The lowest BCUT2D eigenvalue weighted by Crippen LogP contribution is -2.53. The molecule has 0 saturated carbocycles. The van der Waals surface area contributed by atoms with Gasteiger partial charge in [0.15, 0.2) is 6.04 Å². The minimum absolute atomic E-state index is 0.0181. The first kappa shape index (κ1) is 14.9. The smallest absolute Gasteiger partial charge is 0.328 e. The highest BCUT2D eigenvalue weighted by Gasteiger charge is 2.32. The van der Waals surface area contributed by atoms with Gasteiger partial charge in [-0.05, 0) is 33.6 Å². The van der Waals surface area contributed by atoms with Crippen LogP contribution >= 0.6 is 15.9 Å². The van der Waals surface area contributed by atoms with Crippen molar-refractivity contribution in [1.29, 1.82) is 0 Å². The average Bonchev–Trinajstić information content (AvgIpc) is 2.43. The number of carboxylic acids is 1. The van der Waals surface area contributed by atoms with Crippen molar-refractivity contribution in [2.75, 3.05) is 19.8 Å². The summed E-state index contributed by atoms with van der Waals surface area (Å²) in [5, 5.41) is 9.06. The molecule has 7 heteroatoms. The van der Waals surface area contributed by atoms with E-state index < -0.39 is 17.8 Å². The fraction of sp³-hybridized carbons (Fsp3) is 0.385. The molecule has 0 aromatic heterocycles. The Bertz CT molecular complexity index is 537. The predicted molar refractivity (Wildman–Crippen MR) is 71.8 cm³/mol. The van der Waals surface area contributed by atoms with Gasteiger partial charge in [0.05, 0.1) is 24.1 Å². The molecule has 0 spiro atoms. The molecule has 20 heavy (non-hydrogen) atoms. The molecule has 1 amide bonds. The van der Waals surface area contributed by atoms with E-state index in [0.29, 0.717) is 16.6 Å². The predicted octanol–water partition coefficient (Wildman–Crippen LogP) is 1.44. The third kappa shape index (κ3) is 3.34. The molecule has 1 aliphatic heterocycles. The van der Waals surface area contributed by atoms with Crippen LogP contribution in [0.25, 0.3) is 0 Å². The molecule has 1 saturated heterocycles. The number of benzene rings is 1. The first-order chi connectivity index (χ1) is 9.49. The van der Waals surface area contributed by atoms with E-state index in [2.05, 4.69) is 15.9 Å². The lowest BCUT2D eigenvalue weighted by atomic mass is 10.1. The summed E-state index contributed by atoms with van der Waals surface area (Å²) in [5.74, 6) is -1.89. The van der Waals surface area contributed by atoms with Gasteiger partial charge in [-0.25, -0.2) is 9.18 Å². The third-order valence-corrected chi connectivity index (χ3v) is 3.72. The Balaban J connectivity index is 2.09. The Hall–Kier alpha value is -1.47. The second kappa shape index (κ2) is 6.32. The molecule has 2 rings (SSSR count). The molecule has 0 radical (unpaired) electrons. The Labute approximate surface area is 123 Å². The molecule has 1 aliphatic rings. The van der Waals surface area contributed by atoms with Crippen molar-refractivity contribution in [2.45, 2.75) is 12.5 Å². The monoisotopic (exact) mass is 345 g/mol. The van der Waals surface area contributed by atoms with Crippen LogP contribution in [-0.4, -0.2) is 47.7 Å². The number of morpholine rings is 1. The van der Waals surface area contributed by atoms with Gasteiger partial charge in [0.1, 0.15) is 5.82 Å². The van der Waals surface area contributed by atoms with Crippen LogP contribution in [0.2, 0.25) is 0 Å². The average molecular weight is 346 g/mol. The van der Waals surface area contributed by atoms with Crippen LogP contribution in [0.3, 0.4) is 0 Å². The molecule has 0 aliphatic carbocycles. The minimum atomic E-state index is -1.10. The molecule has 1 aromatic rings. The van der Waals surface area contributed by atoms with Crippen LogP contribution in [0.5, 0.6) is 0 Å². The van der Waals surface area contributed by atoms with E-state index >= 15 is 0 Å². The van der Waals surface area contributed by atoms with Gasteiger partial charge in [0.2, 0.25) is 5.91 Å². The number of hydrogen-bond acceptors (Lipinski definition) is 3. The number of amides is 1. The largest absolute Gasteiger partial charge is 0.480 e. The molecular weight excluding hydrogens is 333 g/mol. The van der Waals surface area contributed by atoms with E-state index in [9.17, 15) is 14.0 Å². The number of carbonyl (C=O) groups excluding carboxylic acids is 1. The van der Waals surface area contributed by atoms with Crippen molar-refractivity contribution in [3.63, 3.8) is 0 Å². The second-order valence-corrected chi connectivity index (χ2v) is 5.30. The van der Waals surface area contributed by atoms with Crippen LogP contribution in [0.1, 0.15) is 5.56 Å². The van der Waals surface area contributed by atoms with E-state index in [1.807, 2.05) is 0 Å². The number of rotatable bonds is 3. The van der Waals surface area contributed by atoms with Crippen molar-refractivity contribution < 1.29 is 23.8 Å². The number of carboxylic acid groups (broad SMARTS) is 1. The third-order valence-electron chi connectivity index (χ3n) is 3.07. The lowest BCUT2D eigenvalue weighted by molar-refractivity contribution is -0.158. The normalized spacial score (nSPS) is 18.9. The van der Waals surface area contributed by atoms with Crippen molar-refractivity contribution in [2.24, 2.45) is 0 Å². The summed E-state index contributed by atoms with van der Waals surface area (Å²) in [7, 11) is 0. The molecule has 0 bridgehead atoms. The van der Waals surface area contributed by atoms with Gasteiger partial charge in [-0.15, -0.1) is 0 Å². The van der Waals surface area contributed by atoms with Gasteiger partial charge in [0, 0.05) is 6.54 Å². The van der Waals surface area contributed by atoms with Crippen LogP contribution in [0, 0.1) is 5.82 Å². The van der Waals surface area contributed by atoms with E-state index in [1.54, 1.807) is 6.07 Å². The highest BCUT2D eigenvalue weighted by Crippen LogP contribution is 2.18. The van der Waals surface area contributed by atoms with Crippen molar-refractivity contribution >= 4 is 27.8 Å². The maximum absolute atomic E-state index is 13.4. The van der Waals surface area contributed by atoms with E-state index in [1.165, 1.54) is 17.0 Å². The number of hydrogen-bond donors (Lipinski definition) is 1. The van der Waals surface area contributed by atoms with E-state index in [0.717, 1.165) is 0 Å². The number of aliphatic carboxylic acids is 1. The first-order valence-electron chi connectivity index (χ1n) is 6.03. The highest BCUT2D eigenvalue weighted by molar-refractivity contribution is 9.10. The number of ether oxygens (including phenoxy) is 1. The summed E-state index contributed by atoms with van der Waals surface area (Å²) in [5.41, 5.74) is 0.506. The molecule has 1 heterocycles. The van der Waals surface area contributed by atoms with Crippen molar-refractivity contribution in [3.05, 3.63) is 34.1 Å². The van der Waals surface area contributed by atoms with Gasteiger partial charge in [-0.1, -0.05) is 6.07 Å². The molecule has 1 N–H and O–H groups in total. The quantitative estimate of drug-likeness (QED) is 0.900. The second-order valence-electron chi connectivity index (χ2n) is 4.44. The Morgan fingerprint density at radius 3 is 2.90 bits per heavy atom. The summed E-state index contributed by atoms with van der Waals surface area (Å²) in [6.07, 6.45) is -0.0338. The van der Waals surface area contributed by atoms with Crippen LogP contribution in [0.15, 0.2) is 22.7 Å². The zero-order valence-electron chi connectivity index (χ0n) is 10.5. The summed E-state index contributed by atoms with van der Waals surface area (Å²) in [4.78, 5) is 24.5. The number of halogens is 2. The molecule has 108 valence electrons. The molecule has 1 unspecified atom stereocenters. The zero-order chi connectivity index (χ0) is 14.7. The van der Waals surface area contributed by atoms with Crippen LogP contribution < -0.4 is 0 Å². The summed E-state index contributed by atoms with van der Waals surface area (Å²) in [6, 6.07) is 3.43. The van der Waals surface area contributed by atoms with Gasteiger partial charge in [-0.2, -0.15) is 0 Å². The first-order valence-corrected chi connectivity index (χ1v) is 6.82. The lowest BCUT2D eigenvalue weighted by Gasteiger charge is -2.32. The molecule has 1 aromatic carbocycles. The SMILES string of the molecule is O=C(O)C1COCCN1C(=O)Cc1ccc(Br)c(F)c1. The summed E-state index contributed by atoms with van der Waals surface area (Å²) in [6.45, 7) is 0.523. The van der Waals surface area contributed by atoms with Crippen LogP contribution in [0.4, 0.5) is 4.39 Å². The van der Waals surface area contributed by atoms with Gasteiger partial charge < -0.3 is 14.7 Å². The fourth-order valence-corrected chi connectivity index (χ4v) is 2.28. The summed E-state index contributed by atoms with van der Waals surface area (Å²) >= 11 is 3.04. The van der Waals surface area contributed by atoms with Gasteiger partial charge in [-0.3, -0.25) is 4.79 Å². The Kier molecular flexibility index (Phi) is 4.72. The maximum Gasteiger partial charge on any atom is 0.328 e. The maximum atomic E-state index is 13.4. The van der Waals surface area contributed by atoms with E-state index in [-0.39, 0.29) is 25.5 Å².